The van der Waals surface area contributed by atoms with E-state index in [1.54, 1.807) is 30.3 Å². The summed E-state index contributed by atoms with van der Waals surface area (Å²) in [7, 11) is 1.53. The average Bonchev–Trinajstić information content (AvgIpc) is 2.82. The first-order valence-corrected chi connectivity index (χ1v) is 10.4. The molecule has 0 aromatic heterocycles. The summed E-state index contributed by atoms with van der Waals surface area (Å²) in [6, 6.07) is 25.5. The van der Waals surface area contributed by atoms with Gasteiger partial charge in [0, 0.05) is 17.9 Å². The molecule has 0 saturated carbocycles. The van der Waals surface area contributed by atoms with Crippen molar-refractivity contribution in [1.29, 1.82) is 5.26 Å². The molecule has 0 heterocycles. The molecule has 1 atom stereocenters. The Morgan fingerprint density at radius 3 is 2.32 bits per heavy atom. The number of anilines is 1. The van der Waals surface area contributed by atoms with Crippen molar-refractivity contribution in [2.45, 2.75) is 19.1 Å². The van der Waals surface area contributed by atoms with E-state index < -0.39 is 6.04 Å². The SMILES string of the molecule is COc1ccccc1N(C(=O)CCCl)[C@@H](C#N)c1ccccc1OCc1ccccc1. The number of rotatable bonds is 9. The number of methoxy groups -OCH3 is 1. The molecule has 1 amide bonds. The summed E-state index contributed by atoms with van der Waals surface area (Å²) in [6.07, 6.45) is 0.0881. The van der Waals surface area contributed by atoms with E-state index in [1.165, 1.54) is 12.0 Å². The van der Waals surface area contributed by atoms with Crippen LogP contribution in [0.15, 0.2) is 78.9 Å². The van der Waals surface area contributed by atoms with E-state index in [9.17, 15) is 10.1 Å². The third kappa shape index (κ3) is 5.36. The smallest absolute Gasteiger partial charge is 0.229 e. The molecule has 0 bridgehead atoms. The van der Waals surface area contributed by atoms with Gasteiger partial charge >= 0.3 is 0 Å². The summed E-state index contributed by atoms with van der Waals surface area (Å²) in [5.41, 5.74) is 2.10. The third-order valence-electron chi connectivity index (χ3n) is 4.75. The minimum atomic E-state index is -0.918. The maximum Gasteiger partial charge on any atom is 0.229 e. The second-order valence-corrected chi connectivity index (χ2v) is 7.10. The van der Waals surface area contributed by atoms with Crippen LogP contribution in [0.3, 0.4) is 0 Å². The maximum absolute atomic E-state index is 13.1. The Balaban J connectivity index is 2.01. The summed E-state index contributed by atoms with van der Waals surface area (Å²) in [5, 5.41) is 10.1. The number of para-hydroxylation sites is 3. The Labute approximate surface area is 187 Å². The standard InChI is InChI=1S/C25H23ClN2O3/c1-30-24-14-8-6-12-21(24)28(25(29)15-16-26)22(17-27)20-11-5-7-13-23(20)31-18-19-9-3-2-4-10-19/h2-14,22H,15-16,18H2,1H3/t22-/m0/s1. The molecular weight excluding hydrogens is 412 g/mol. The molecule has 5 nitrogen and oxygen atoms in total. The van der Waals surface area contributed by atoms with Gasteiger partial charge in [0.05, 0.1) is 18.9 Å². The Morgan fingerprint density at radius 1 is 1.00 bits per heavy atom. The number of nitriles is 1. The fraction of sp³-hybridized carbons (Fsp3) is 0.200. The normalized spacial score (nSPS) is 11.3. The first-order chi connectivity index (χ1) is 15.2. The van der Waals surface area contributed by atoms with Gasteiger partial charge in [-0.15, -0.1) is 11.6 Å². The van der Waals surface area contributed by atoms with Crippen molar-refractivity contribution < 1.29 is 14.3 Å². The van der Waals surface area contributed by atoms with Crippen LogP contribution < -0.4 is 14.4 Å². The molecule has 31 heavy (non-hydrogen) atoms. The molecule has 158 valence electrons. The van der Waals surface area contributed by atoms with Crippen LogP contribution in [0.4, 0.5) is 5.69 Å². The molecule has 0 aliphatic heterocycles. The van der Waals surface area contributed by atoms with E-state index in [0.717, 1.165) is 5.56 Å². The minimum Gasteiger partial charge on any atom is -0.495 e. The zero-order valence-electron chi connectivity index (χ0n) is 17.2. The number of nitrogens with zero attached hydrogens (tertiary/aromatic N) is 2. The van der Waals surface area contributed by atoms with Gasteiger partial charge in [0.2, 0.25) is 5.91 Å². The van der Waals surface area contributed by atoms with Crippen molar-refractivity contribution in [1.82, 2.24) is 0 Å². The molecule has 3 rings (SSSR count). The molecule has 0 N–H and O–H groups in total. The highest BCUT2D eigenvalue weighted by Crippen LogP contribution is 2.37. The van der Waals surface area contributed by atoms with Gasteiger partial charge in [-0.1, -0.05) is 60.7 Å². The first-order valence-electron chi connectivity index (χ1n) is 9.86. The molecule has 0 aliphatic rings. The van der Waals surface area contributed by atoms with Crippen molar-refractivity contribution >= 4 is 23.2 Å². The number of hydrogen-bond acceptors (Lipinski definition) is 4. The van der Waals surface area contributed by atoms with Gasteiger partial charge in [-0.25, -0.2) is 0 Å². The summed E-state index contributed by atoms with van der Waals surface area (Å²) in [4.78, 5) is 14.5. The van der Waals surface area contributed by atoms with E-state index in [1.807, 2.05) is 48.5 Å². The molecule has 0 fully saturated rings. The molecule has 0 spiro atoms. The molecule has 0 radical (unpaired) electrons. The molecule has 3 aromatic carbocycles. The van der Waals surface area contributed by atoms with Crippen LogP contribution in [0.2, 0.25) is 0 Å². The van der Waals surface area contributed by atoms with Gasteiger partial charge in [0.25, 0.3) is 0 Å². The number of amides is 1. The highest BCUT2D eigenvalue weighted by atomic mass is 35.5. The number of alkyl halides is 1. The van der Waals surface area contributed by atoms with E-state index >= 15 is 0 Å². The number of carbonyl (C=O) groups is 1. The summed E-state index contributed by atoms with van der Waals surface area (Å²) < 4.78 is 11.5. The highest BCUT2D eigenvalue weighted by molar-refractivity contribution is 6.19. The first kappa shape index (κ1) is 22.2. The summed E-state index contributed by atoms with van der Waals surface area (Å²) >= 11 is 5.86. The largest absolute Gasteiger partial charge is 0.495 e. The van der Waals surface area contributed by atoms with Crippen LogP contribution in [-0.4, -0.2) is 18.9 Å². The van der Waals surface area contributed by atoms with Gasteiger partial charge < -0.3 is 9.47 Å². The predicted octanol–water partition coefficient (Wildman–Crippen LogP) is 5.50. The van der Waals surface area contributed by atoms with Crippen molar-refractivity contribution in [2.24, 2.45) is 0 Å². The number of ether oxygens (including phenoxy) is 2. The summed E-state index contributed by atoms with van der Waals surface area (Å²) in [6.45, 7) is 0.348. The zero-order valence-corrected chi connectivity index (χ0v) is 18.0. The van der Waals surface area contributed by atoms with Crippen molar-refractivity contribution in [3.8, 4) is 17.6 Å². The van der Waals surface area contributed by atoms with Crippen molar-refractivity contribution in [2.75, 3.05) is 17.9 Å². The van der Waals surface area contributed by atoms with Gasteiger partial charge in [0.15, 0.2) is 6.04 Å². The highest BCUT2D eigenvalue weighted by Gasteiger charge is 2.30. The fourth-order valence-corrected chi connectivity index (χ4v) is 3.45. The van der Waals surface area contributed by atoms with Crippen molar-refractivity contribution in [3.05, 3.63) is 90.0 Å². The van der Waals surface area contributed by atoms with Crippen LogP contribution >= 0.6 is 11.6 Å². The maximum atomic E-state index is 13.1. The van der Waals surface area contributed by atoms with Crippen LogP contribution in [0.25, 0.3) is 0 Å². The van der Waals surface area contributed by atoms with Crippen LogP contribution in [-0.2, 0) is 11.4 Å². The van der Waals surface area contributed by atoms with E-state index in [-0.39, 0.29) is 18.2 Å². The Bertz CT molecular complexity index is 1050. The minimum absolute atomic E-state index is 0.0881. The van der Waals surface area contributed by atoms with Crippen LogP contribution in [0, 0.1) is 11.3 Å². The van der Waals surface area contributed by atoms with Crippen LogP contribution in [0.5, 0.6) is 11.5 Å². The molecule has 0 saturated heterocycles. The molecule has 0 aliphatic carbocycles. The zero-order chi connectivity index (χ0) is 22.1. The average molecular weight is 435 g/mol. The monoisotopic (exact) mass is 434 g/mol. The van der Waals surface area contributed by atoms with Gasteiger partial charge in [-0.3, -0.25) is 9.69 Å². The van der Waals surface area contributed by atoms with Gasteiger partial charge in [-0.05, 0) is 23.8 Å². The lowest BCUT2D eigenvalue weighted by atomic mass is 10.0. The number of hydrogen-bond donors (Lipinski definition) is 0. The van der Waals surface area contributed by atoms with E-state index in [2.05, 4.69) is 6.07 Å². The van der Waals surface area contributed by atoms with Gasteiger partial charge in [0.1, 0.15) is 18.1 Å². The topological polar surface area (TPSA) is 62.6 Å². The predicted molar refractivity (Wildman–Crippen MR) is 121 cm³/mol. The lowest BCUT2D eigenvalue weighted by Gasteiger charge is -2.30. The molecular formula is C25H23ClN2O3. The number of halogens is 1. The van der Waals surface area contributed by atoms with E-state index in [0.29, 0.717) is 29.4 Å². The molecule has 3 aromatic rings. The Kier molecular flexibility index (Phi) is 7.91. The fourth-order valence-electron chi connectivity index (χ4n) is 3.29. The molecule has 0 unspecified atom stereocenters. The lowest BCUT2D eigenvalue weighted by molar-refractivity contribution is -0.118. The quantitative estimate of drug-likeness (QED) is 0.417. The van der Waals surface area contributed by atoms with Gasteiger partial charge in [-0.2, -0.15) is 5.26 Å². The van der Waals surface area contributed by atoms with E-state index in [4.69, 9.17) is 21.1 Å². The lowest BCUT2D eigenvalue weighted by Crippen LogP contribution is -2.35. The Hall–Kier alpha value is -3.49. The second-order valence-electron chi connectivity index (χ2n) is 6.72. The number of carbonyl (C=O) groups excluding carboxylic acids is 1. The van der Waals surface area contributed by atoms with Crippen molar-refractivity contribution in [3.63, 3.8) is 0 Å². The third-order valence-corrected chi connectivity index (χ3v) is 4.94. The Morgan fingerprint density at radius 2 is 1.65 bits per heavy atom. The number of benzene rings is 3. The second kappa shape index (κ2) is 11.1. The van der Waals surface area contributed by atoms with Crippen LogP contribution in [0.1, 0.15) is 23.6 Å². The summed E-state index contributed by atoms with van der Waals surface area (Å²) in [5.74, 6) is 0.906. The molecule has 6 heteroatoms.